The van der Waals surface area contributed by atoms with Crippen molar-refractivity contribution in [2.45, 2.75) is 6.92 Å². The Bertz CT molecular complexity index is 535. The van der Waals surface area contributed by atoms with Crippen LogP contribution in [0.5, 0.6) is 0 Å². The number of rotatable bonds is 2. The summed E-state index contributed by atoms with van der Waals surface area (Å²) in [6, 6.07) is 0. The van der Waals surface area contributed by atoms with Crippen molar-refractivity contribution in [1.29, 1.82) is 0 Å². The molecule has 2 aromatic rings. The van der Waals surface area contributed by atoms with E-state index in [2.05, 4.69) is 14.7 Å². The Kier molecular flexibility index (Phi) is 3.22. The van der Waals surface area contributed by atoms with E-state index >= 15 is 0 Å². The smallest absolute Gasteiger partial charge is 0.349 e. The maximum atomic E-state index is 11.4. The zero-order valence-electron chi connectivity index (χ0n) is 8.48. The molecule has 2 aromatic heterocycles. The third-order valence-corrected chi connectivity index (χ3v) is 4.22. The number of aromatic nitrogens is 2. The number of halogens is 1. The van der Waals surface area contributed by atoms with Gasteiger partial charge in [0.25, 0.3) is 0 Å². The van der Waals surface area contributed by atoms with E-state index in [0.29, 0.717) is 24.9 Å². The molecule has 4 nitrogen and oxygen atoms in total. The number of methoxy groups -OCH3 is 1. The summed E-state index contributed by atoms with van der Waals surface area (Å²) in [5, 5.41) is 1.41. The maximum Gasteiger partial charge on any atom is 0.349 e. The highest BCUT2D eigenvalue weighted by molar-refractivity contribution is 7.24. The minimum atomic E-state index is -0.371. The summed E-state index contributed by atoms with van der Waals surface area (Å²) >= 11 is 8.38. The molecule has 0 atom stereocenters. The topological polar surface area (TPSA) is 52.1 Å². The van der Waals surface area contributed by atoms with Gasteiger partial charge in [-0.1, -0.05) is 22.9 Å². The summed E-state index contributed by atoms with van der Waals surface area (Å²) in [5.41, 5.74) is 0.651. The van der Waals surface area contributed by atoms with Gasteiger partial charge in [0.1, 0.15) is 9.21 Å². The molecule has 16 heavy (non-hydrogen) atoms. The van der Waals surface area contributed by atoms with E-state index < -0.39 is 0 Å². The molecule has 0 saturated carbocycles. The third-order valence-electron chi connectivity index (χ3n) is 1.83. The number of esters is 1. The molecule has 0 aliphatic carbocycles. The Morgan fingerprint density at radius 2 is 2.19 bits per heavy atom. The molecule has 0 saturated heterocycles. The van der Waals surface area contributed by atoms with Crippen molar-refractivity contribution >= 4 is 40.2 Å². The second kappa shape index (κ2) is 4.48. The molecule has 0 aliphatic rings. The molecular formula is C9H7ClN2O2S2. The van der Waals surface area contributed by atoms with Gasteiger partial charge in [-0.25, -0.2) is 14.8 Å². The van der Waals surface area contributed by atoms with Gasteiger partial charge >= 0.3 is 5.97 Å². The van der Waals surface area contributed by atoms with Crippen molar-refractivity contribution in [3.63, 3.8) is 0 Å². The van der Waals surface area contributed by atoms with Gasteiger partial charge in [-0.3, -0.25) is 0 Å². The normalized spacial score (nSPS) is 10.4. The molecule has 0 amide bonds. The van der Waals surface area contributed by atoms with Crippen LogP contribution < -0.4 is 0 Å². The van der Waals surface area contributed by atoms with Crippen molar-refractivity contribution in [2.75, 3.05) is 7.11 Å². The average Bonchev–Trinajstić information content (AvgIpc) is 2.83. The van der Waals surface area contributed by atoms with Crippen molar-refractivity contribution in [3.05, 3.63) is 21.1 Å². The molecule has 0 aliphatic heterocycles. The molecule has 0 fully saturated rings. The van der Waals surface area contributed by atoms with E-state index in [-0.39, 0.29) is 5.97 Å². The lowest BCUT2D eigenvalue weighted by molar-refractivity contribution is 0.0605. The number of nitrogens with zero attached hydrogens (tertiary/aromatic N) is 2. The number of carbonyl (C=O) groups is 1. The first kappa shape index (κ1) is 11.5. The summed E-state index contributed by atoms with van der Waals surface area (Å²) in [6.45, 7) is 1.77. The fourth-order valence-corrected chi connectivity index (χ4v) is 3.05. The number of hydrogen-bond donors (Lipinski definition) is 0. The van der Waals surface area contributed by atoms with Gasteiger partial charge in [0.15, 0.2) is 10.0 Å². The van der Waals surface area contributed by atoms with Crippen molar-refractivity contribution in [2.24, 2.45) is 0 Å². The van der Waals surface area contributed by atoms with Crippen LogP contribution >= 0.6 is 34.3 Å². The Hall–Kier alpha value is -0.980. The predicted octanol–water partition coefficient (Wildman–Crippen LogP) is 3.02. The maximum absolute atomic E-state index is 11.4. The largest absolute Gasteiger partial charge is 0.465 e. The molecule has 0 bridgehead atoms. The standard InChI is InChI=1S/C9H7ClN2O2S2/c1-4-6(9(13)14-2)16-8(12-4)7-11-3-5(10)15-7/h3H,1-2H3. The van der Waals surface area contributed by atoms with Crippen LogP contribution in [0, 0.1) is 6.92 Å². The fourth-order valence-electron chi connectivity index (χ4n) is 1.12. The van der Waals surface area contributed by atoms with Crippen LogP contribution in [-0.2, 0) is 4.74 Å². The van der Waals surface area contributed by atoms with Gasteiger partial charge in [0.05, 0.1) is 19.0 Å². The molecule has 7 heteroatoms. The van der Waals surface area contributed by atoms with Crippen molar-refractivity contribution in [1.82, 2.24) is 9.97 Å². The van der Waals surface area contributed by atoms with E-state index in [1.807, 2.05) is 0 Å². The van der Waals surface area contributed by atoms with Gasteiger partial charge in [-0.15, -0.1) is 11.3 Å². The van der Waals surface area contributed by atoms with Crippen LogP contribution in [0.1, 0.15) is 15.4 Å². The van der Waals surface area contributed by atoms with Gasteiger partial charge in [-0.2, -0.15) is 0 Å². The number of thiazole rings is 2. The van der Waals surface area contributed by atoms with Gasteiger partial charge < -0.3 is 4.74 Å². The minimum absolute atomic E-state index is 0.371. The molecular weight excluding hydrogens is 268 g/mol. The van der Waals surface area contributed by atoms with Gasteiger partial charge in [0.2, 0.25) is 0 Å². The number of hydrogen-bond acceptors (Lipinski definition) is 6. The SMILES string of the molecule is COC(=O)c1sc(-c2ncc(Cl)s2)nc1C. The monoisotopic (exact) mass is 274 g/mol. The Balaban J connectivity index is 2.41. The summed E-state index contributed by atoms with van der Waals surface area (Å²) in [5.74, 6) is -0.371. The summed E-state index contributed by atoms with van der Waals surface area (Å²) < 4.78 is 5.26. The van der Waals surface area contributed by atoms with E-state index in [9.17, 15) is 4.79 Å². The molecule has 0 unspecified atom stereocenters. The molecule has 0 N–H and O–H groups in total. The lowest BCUT2D eigenvalue weighted by atomic mass is 10.4. The van der Waals surface area contributed by atoms with Crippen LogP contribution in [0.25, 0.3) is 10.0 Å². The van der Waals surface area contributed by atoms with Crippen molar-refractivity contribution in [3.8, 4) is 10.0 Å². The molecule has 0 radical (unpaired) electrons. The third kappa shape index (κ3) is 2.09. The highest BCUT2D eigenvalue weighted by Crippen LogP contribution is 2.32. The fraction of sp³-hybridized carbons (Fsp3) is 0.222. The molecule has 2 rings (SSSR count). The van der Waals surface area contributed by atoms with E-state index in [4.69, 9.17) is 11.6 Å². The van der Waals surface area contributed by atoms with Crippen molar-refractivity contribution < 1.29 is 9.53 Å². The number of carbonyl (C=O) groups excluding carboxylic acids is 1. The minimum Gasteiger partial charge on any atom is -0.465 e. The van der Waals surface area contributed by atoms with E-state index in [0.717, 1.165) is 0 Å². The zero-order chi connectivity index (χ0) is 11.7. The molecule has 0 aromatic carbocycles. The summed E-state index contributed by atoms with van der Waals surface area (Å²) in [7, 11) is 1.35. The number of aryl methyl sites for hydroxylation is 1. The Morgan fingerprint density at radius 3 is 2.75 bits per heavy atom. The second-order valence-corrected chi connectivity index (χ2v) is 5.56. The number of ether oxygens (including phenoxy) is 1. The Morgan fingerprint density at radius 1 is 1.44 bits per heavy atom. The quantitative estimate of drug-likeness (QED) is 0.790. The first-order chi connectivity index (χ1) is 7.61. The highest BCUT2D eigenvalue weighted by Gasteiger charge is 2.17. The van der Waals surface area contributed by atoms with E-state index in [1.54, 1.807) is 13.1 Å². The predicted molar refractivity (Wildman–Crippen MR) is 64.3 cm³/mol. The first-order valence-corrected chi connectivity index (χ1v) is 6.30. The molecule has 0 spiro atoms. The average molecular weight is 275 g/mol. The first-order valence-electron chi connectivity index (χ1n) is 4.29. The molecule has 2 heterocycles. The summed E-state index contributed by atoms with van der Waals surface area (Å²) in [4.78, 5) is 20.3. The van der Waals surface area contributed by atoms with Crippen LogP contribution in [-0.4, -0.2) is 23.0 Å². The molecule has 84 valence electrons. The van der Waals surface area contributed by atoms with E-state index in [1.165, 1.54) is 29.8 Å². The second-order valence-electron chi connectivity index (χ2n) is 2.89. The Labute approximate surface area is 105 Å². The van der Waals surface area contributed by atoms with Gasteiger partial charge in [-0.05, 0) is 6.92 Å². The summed E-state index contributed by atoms with van der Waals surface area (Å²) in [6.07, 6.45) is 1.57. The van der Waals surface area contributed by atoms with Crippen LogP contribution in [0.4, 0.5) is 0 Å². The van der Waals surface area contributed by atoms with Crippen LogP contribution in [0.15, 0.2) is 6.20 Å². The zero-order valence-corrected chi connectivity index (χ0v) is 10.9. The lowest BCUT2D eigenvalue weighted by Crippen LogP contribution is -1.99. The van der Waals surface area contributed by atoms with Gasteiger partial charge in [0, 0.05) is 0 Å². The highest BCUT2D eigenvalue weighted by atomic mass is 35.5. The van der Waals surface area contributed by atoms with Crippen LogP contribution in [0.2, 0.25) is 4.34 Å². The lowest BCUT2D eigenvalue weighted by Gasteiger charge is -1.93. The van der Waals surface area contributed by atoms with Crippen LogP contribution in [0.3, 0.4) is 0 Å².